The standard InChI is InChI=1S/C16H20N4O/c17-15-6-2-5-14(15)16(21)19-13-4-1-3-12(9-13)10-20-8-7-18-11-20/h1,3-4,7-9,11,14-15H,2,5-6,10,17H2,(H,19,21). The summed E-state index contributed by atoms with van der Waals surface area (Å²) in [5, 5.41) is 2.99. The molecule has 0 aliphatic heterocycles. The third-order valence-electron chi connectivity index (χ3n) is 4.03. The molecule has 1 aromatic heterocycles. The Morgan fingerprint density at radius 2 is 2.33 bits per heavy atom. The zero-order valence-electron chi connectivity index (χ0n) is 11.9. The number of hydrogen-bond donors (Lipinski definition) is 2. The minimum atomic E-state index is -0.0534. The number of aromatic nitrogens is 2. The van der Waals surface area contributed by atoms with E-state index in [-0.39, 0.29) is 17.9 Å². The molecular formula is C16H20N4O. The van der Waals surface area contributed by atoms with Gasteiger partial charge >= 0.3 is 0 Å². The van der Waals surface area contributed by atoms with Crippen LogP contribution in [0.3, 0.4) is 0 Å². The van der Waals surface area contributed by atoms with Gasteiger partial charge in [-0.3, -0.25) is 4.79 Å². The first-order valence-electron chi connectivity index (χ1n) is 7.33. The van der Waals surface area contributed by atoms with Gasteiger partial charge in [0.05, 0.1) is 12.2 Å². The highest BCUT2D eigenvalue weighted by Crippen LogP contribution is 2.25. The molecule has 1 amide bonds. The summed E-state index contributed by atoms with van der Waals surface area (Å²) < 4.78 is 1.99. The van der Waals surface area contributed by atoms with Crippen molar-refractivity contribution in [1.29, 1.82) is 0 Å². The van der Waals surface area contributed by atoms with Crippen LogP contribution >= 0.6 is 0 Å². The van der Waals surface area contributed by atoms with Gasteiger partial charge in [-0.2, -0.15) is 0 Å². The van der Waals surface area contributed by atoms with Crippen molar-refractivity contribution in [2.24, 2.45) is 11.7 Å². The monoisotopic (exact) mass is 284 g/mol. The summed E-state index contributed by atoms with van der Waals surface area (Å²) in [5.74, 6) is -0.0120. The Kier molecular flexibility index (Phi) is 4.01. The lowest BCUT2D eigenvalue weighted by Gasteiger charge is -2.15. The summed E-state index contributed by atoms with van der Waals surface area (Å²) in [4.78, 5) is 16.3. The van der Waals surface area contributed by atoms with Gasteiger partial charge in [0.15, 0.2) is 0 Å². The number of rotatable bonds is 4. The van der Waals surface area contributed by atoms with Crippen LogP contribution in [0, 0.1) is 5.92 Å². The highest BCUT2D eigenvalue weighted by atomic mass is 16.1. The lowest BCUT2D eigenvalue weighted by molar-refractivity contribution is -0.120. The van der Waals surface area contributed by atoms with E-state index in [1.54, 1.807) is 12.5 Å². The van der Waals surface area contributed by atoms with E-state index < -0.39 is 0 Å². The number of carbonyl (C=O) groups is 1. The molecule has 1 aliphatic carbocycles. The van der Waals surface area contributed by atoms with E-state index in [4.69, 9.17) is 5.73 Å². The molecule has 2 aromatic rings. The topological polar surface area (TPSA) is 72.9 Å². The molecular weight excluding hydrogens is 264 g/mol. The third-order valence-corrected chi connectivity index (χ3v) is 4.03. The maximum absolute atomic E-state index is 12.2. The van der Waals surface area contributed by atoms with Crippen LogP contribution in [0.15, 0.2) is 43.0 Å². The molecule has 0 bridgehead atoms. The normalized spacial score (nSPS) is 21.4. The van der Waals surface area contributed by atoms with Crippen molar-refractivity contribution in [3.63, 3.8) is 0 Å². The maximum Gasteiger partial charge on any atom is 0.229 e. The van der Waals surface area contributed by atoms with Crippen LogP contribution in [0.2, 0.25) is 0 Å². The first-order chi connectivity index (χ1) is 10.2. The van der Waals surface area contributed by atoms with Crippen LogP contribution in [0.5, 0.6) is 0 Å². The summed E-state index contributed by atoms with van der Waals surface area (Å²) in [6.07, 6.45) is 8.33. The summed E-state index contributed by atoms with van der Waals surface area (Å²) in [6.45, 7) is 0.743. The highest BCUT2D eigenvalue weighted by molar-refractivity contribution is 5.93. The number of hydrogen-bond acceptors (Lipinski definition) is 3. The number of nitrogens with zero attached hydrogens (tertiary/aromatic N) is 2. The molecule has 1 heterocycles. The van der Waals surface area contributed by atoms with Crippen LogP contribution in [0.25, 0.3) is 0 Å². The van der Waals surface area contributed by atoms with Gasteiger partial charge in [-0.15, -0.1) is 0 Å². The van der Waals surface area contributed by atoms with E-state index in [1.165, 1.54) is 0 Å². The van der Waals surface area contributed by atoms with Gasteiger partial charge in [0.2, 0.25) is 5.91 Å². The Morgan fingerprint density at radius 3 is 3.05 bits per heavy atom. The molecule has 0 radical (unpaired) electrons. The Morgan fingerprint density at radius 1 is 1.43 bits per heavy atom. The van der Waals surface area contributed by atoms with E-state index in [1.807, 2.05) is 35.0 Å². The number of nitrogens with one attached hydrogen (secondary N) is 1. The van der Waals surface area contributed by atoms with Gasteiger partial charge in [-0.25, -0.2) is 4.98 Å². The molecule has 3 rings (SSSR count). The lowest BCUT2D eigenvalue weighted by atomic mass is 10.0. The predicted molar refractivity (Wildman–Crippen MR) is 81.7 cm³/mol. The maximum atomic E-state index is 12.2. The van der Waals surface area contributed by atoms with Crippen LogP contribution < -0.4 is 11.1 Å². The van der Waals surface area contributed by atoms with Crippen molar-refractivity contribution in [3.8, 4) is 0 Å². The van der Waals surface area contributed by atoms with Crippen LogP contribution in [0.1, 0.15) is 24.8 Å². The van der Waals surface area contributed by atoms with E-state index in [0.29, 0.717) is 0 Å². The second-order valence-electron chi connectivity index (χ2n) is 5.63. The lowest BCUT2D eigenvalue weighted by Crippen LogP contribution is -2.34. The van der Waals surface area contributed by atoms with Crippen LogP contribution in [-0.4, -0.2) is 21.5 Å². The molecule has 0 saturated heterocycles. The summed E-state index contributed by atoms with van der Waals surface area (Å²) in [5.41, 5.74) is 7.94. The fourth-order valence-corrected chi connectivity index (χ4v) is 2.89. The minimum Gasteiger partial charge on any atom is -0.333 e. The van der Waals surface area contributed by atoms with Crippen molar-refractivity contribution in [1.82, 2.24) is 9.55 Å². The number of carbonyl (C=O) groups excluding carboxylic acids is 1. The number of benzene rings is 1. The molecule has 5 nitrogen and oxygen atoms in total. The Labute approximate surface area is 124 Å². The molecule has 21 heavy (non-hydrogen) atoms. The van der Waals surface area contributed by atoms with Crippen LogP contribution in [0.4, 0.5) is 5.69 Å². The number of nitrogens with two attached hydrogens (primary N) is 1. The van der Waals surface area contributed by atoms with Gasteiger partial charge < -0.3 is 15.6 Å². The third kappa shape index (κ3) is 3.31. The first-order valence-corrected chi connectivity index (χ1v) is 7.33. The van der Waals surface area contributed by atoms with Crippen molar-refractivity contribution < 1.29 is 4.79 Å². The van der Waals surface area contributed by atoms with E-state index in [0.717, 1.165) is 37.1 Å². The second kappa shape index (κ2) is 6.10. The zero-order valence-corrected chi connectivity index (χ0v) is 11.9. The minimum absolute atomic E-state index is 0.000804. The molecule has 5 heteroatoms. The molecule has 1 saturated carbocycles. The van der Waals surface area contributed by atoms with Crippen molar-refractivity contribution in [2.75, 3.05) is 5.32 Å². The quantitative estimate of drug-likeness (QED) is 0.902. The van der Waals surface area contributed by atoms with Gasteiger partial charge in [-0.05, 0) is 30.5 Å². The molecule has 1 aliphatic rings. The highest BCUT2D eigenvalue weighted by Gasteiger charge is 2.30. The fourth-order valence-electron chi connectivity index (χ4n) is 2.89. The van der Waals surface area contributed by atoms with Crippen molar-refractivity contribution in [2.45, 2.75) is 31.8 Å². The fraction of sp³-hybridized carbons (Fsp3) is 0.375. The molecule has 2 unspecified atom stereocenters. The van der Waals surface area contributed by atoms with Gasteiger partial charge in [-0.1, -0.05) is 18.6 Å². The zero-order chi connectivity index (χ0) is 14.7. The summed E-state index contributed by atoms with van der Waals surface area (Å²) in [7, 11) is 0. The summed E-state index contributed by atoms with van der Waals surface area (Å²) in [6, 6.07) is 7.90. The van der Waals surface area contributed by atoms with E-state index >= 15 is 0 Å². The number of amides is 1. The SMILES string of the molecule is NC1CCCC1C(=O)Nc1cccc(Cn2ccnc2)c1. The molecule has 110 valence electrons. The van der Waals surface area contributed by atoms with Crippen LogP contribution in [-0.2, 0) is 11.3 Å². The van der Waals surface area contributed by atoms with Crippen molar-refractivity contribution >= 4 is 11.6 Å². The Balaban J connectivity index is 1.67. The average molecular weight is 284 g/mol. The van der Waals surface area contributed by atoms with Gasteiger partial charge in [0.25, 0.3) is 0 Å². The molecule has 2 atom stereocenters. The van der Waals surface area contributed by atoms with E-state index in [9.17, 15) is 4.79 Å². The van der Waals surface area contributed by atoms with Gasteiger partial charge in [0.1, 0.15) is 0 Å². The largest absolute Gasteiger partial charge is 0.333 e. The number of anilines is 1. The molecule has 1 fully saturated rings. The summed E-state index contributed by atoms with van der Waals surface area (Å²) >= 11 is 0. The van der Waals surface area contributed by atoms with Crippen molar-refractivity contribution in [3.05, 3.63) is 48.5 Å². The molecule has 1 aromatic carbocycles. The average Bonchev–Trinajstić information content (AvgIpc) is 3.10. The molecule has 0 spiro atoms. The Hall–Kier alpha value is -2.14. The van der Waals surface area contributed by atoms with Gasteiger partial charge in [0, 0.05) is 30.7 Å². The first kappa shape index (κ1) is 13.8. The number of imidazole rings is 1. The molecule has 3 N–H and O–H groups in total. The second-order valence-corrected chi connectivity index (χ2v) is 5.63. The Bertz CT molecular complexity index is 608. The smallest absolute Gasteiger partial charge is 0.229 e. The van der Waals surface area contributed by atoms with E-state index in [2.05, 4.69) is 10.3 Å². The predicted octanol–water partition coefficient (Wildman–Crippen LogP) is 2.00.